The maximum absolute atomic E-state index is 11.9. The number of rotatable bonds is 4. The van der Waals surface area contributed by atoms with E-state index < -0.39 is 0 Å². The molecule has 0 saturated heterocycles. The lowest BCUT2D eigenvalue weighted by molar-refractivity contribution is -0.117. The van der Waals surface area contributed by atoms with Gasteiger partial charge in [0, 0.05) is 17.7 Å². The van der Waals surface area contributed by atoms with Crippen molar-refractivity contribution < 1.29 is 4.79 Å². The largest absolute Gasteiger partial charge is 0.343 e. The van der Waals surface area contributed by atoms with Crippen molar-refractivity contribution in [1.82, 2.24) is 29.9 Å². The third-order valence-corrected chi connectivity index (χ3v) is 3.88. The number of aromatic nitrogens is 5. The molecule has 1 atom stereocenters. The zero-order valence-electron chi connectivity index (χ0n) is 10.9. The van der Waals surface area contributed by atoms with Crippen molar-refractivity contribution in [2.45, 2.75) is 13.0 Å². The van der Waals surface area contributed by atoms with Gasteiger partial charge in [-0.25, -0.2) is 9.97 Å². The molecule has 1 unspecified atom stereocenters. The Morgan fingerprint density at radius 2 is 2.48 bits per heavy atom. The molecule has 0 radical (unpaired) electrons. The van der Waals surface area contributed by atoms with Crippen LogP contribution in [0, 0.1) is 0 Å². The van der Waals surface area contributed by atoms with E-state index in [1.54, 1.807) is 6.08 Å². The maximum Gasteiger partial charge on any atom is 0.244 e. The normalized spacial score (nSPS) is 13.0. The molecule has 7 nitrogen and oxygen atoms in total. The highest BCUT2D eigenvalue weighted by molar-refractivity contribution is 7.15. The SMILES string of the molecule is CC(NC(=O)/C=C/c1c(Cl)nc2sccn12)c1ncn[nH]1. The highest BCUT2D eigenvalue weighted by Gasteiger charge is 2.11. The van der Waals surface area contributed by atoms with E-state index in [4.69, 9.17) is 11.6 Å². The average Bonchev–Trinajstić information content (AvgIpc) is 3.13. The van der Waals surface area contributed by atoms with Crippen molar-refractivity contribution in [2.75, 3.05) is 0 Å². The number of carbonyl (C=O) groups is 1. The lowest BCUT2D eigenvalue weighted by Crippen LogP contribution is -2.25. The standard InChI is InChI=1S/C12H11ClN6OS/c1-7(11-14-6-15-18-11)16-9(20)3-2-8-10(13)17-12-19(8)4-5-21-12/h2-7H,1H3,(H,16,20)(H,14,15,18)/b3-2+. The molecule has 3 heterocycles. The van der Waals surface area contributed by atoms with Gasteiger partial charge < -0.3 is 5.32 Å². The van der Waals surface area contributed by atoms with E-state index in [2.05, 4.69) is 25.5 Å². The Hall–Kier alpha value is -2.19. The summed E-state index contributed by atoms with van der Waals surface area (Å²) in [6.45, 7) is 1.81. The van der Waals surface area contributed by atoms with Gasteiger partial charge >= 0.3 is 0 Å². The topological polar surface area (TPSA) is 88.0 Å². The molecule has 21 heavy (non-hydrogen) atoms. The number of thiazole rings is 1. The second-order valence-corrected chi connectivity index (χ2v) is 5.51. The molecule has 108 valence electrons. The van der Waals surface area contributed by atoms with Crippen molar-refractivity contribution in [3.8, 4) is 0 Å². The third-order valence-electron chi connectivity index (χ3n) is 2.85. The number of hydrogen-bond acceptors (Lipinski definition) is 5. The Bertz CT molecular complexity index is 790. The Labute approximate surface area is 128 Å². The van der Waals surface area contributed by atoms with Crippen LogP contribution in [0.5, 0.6) is 0 Å². The van der Waals surface area contributed by atoms with Gasteiger partial charge in [-0.2, -0.15) is 5.10 Å². The van der Waals surface area contributed by atoms with Gasteiger partial charge in [0.2, 0.25) is 5.91 Å². The Morgan fingerprint density at radius 1 is 1.62 bits per heavy atom. The third kappa shape index (κ3) is 2.81. The molecule has 0 spiro atoms. The minimum absolute atomic E-state index is 0.250. The molecule has 0 bridgehead atoms. The fourth-order valence-corrected chi connectivity index (χ4v) is 2.84. The van der Waals surface area contributed by atoms with Crippen LogP contribution in [0.25, 0.3) is 11.0 Å². The summed E-state index contributed by atoms with van der Waals surface area (Å²) in [6, 6.07) is -0.258. The van der Waals surface area contributed by atoms with Crippen LogP contribution in [-0.2, 0) is 4.79 Å². The van der Waals surface area contributed by atoms with E-state index in [1.165, 1.54) is 23.7 Å². The fourth-order valence-electron chi connectivity index (χ4n) is 1.83. The van der Waals surface area contributed by atoms with Gasteiger partial charge in [0.15, 0.2) is 10.1 Å². The Morgan fingerprint density at radius 3 is 3.24 bits per heavy atom. The predicted molar refractivity (Wildman–Crippen MR) is 80.1 cm³/mol. The summed E-state index contributed by atoms with van der Waals surface area (Å²) in [5.74, 6) is 0.347. The number of imidazole rings is 1. The predicted octanol–water partition coefficient (Wildman–Crippen LogP) is 2.06. The number of H-pyrrole nitrogens is 1. The van der Waals surface area contributed by atoms with Crippen LogP contribution in [0.15, 0.2) is 24.0 Å². The van der Waals surface area contributed by atoms with E-state index in [0.717, 1.165) is 4.96 Å². The van der Waals surface area contributed by atoms with E-state index in [1.807, 2.05) is 22.9 Å². The molecule has 0 aromatic carbocycles. The zero-order chi connectivity index (χ0) is 14.8. The number of halogens is 1. The number of fused-ring (bicyclic) bond motifs is 1. The van der Waals surface area contributed by atoms with Crippen molar-refractivity contribution in [3.63, 3.8) is 0 Å². The zero-order valence-corrected chi connectivity index (χ0v) is 12.5. The molecule has 0 saturated carbocycles. The van der Waals surface area contributed by atoms with Crippen LogP contribution in [0.2, 0.25) is 5.15 Å². The lowest BCUT2D eigenvalue weighted by Gasteiger charge is -2.08. The summed E-state index contributed by atoms with van der Waals surface area (Å²) in [5, 5.41) is 11.5. The molecular weight excluding hydrogens is 312 g/mol. The molecular formula is C12H11ClN6OS. The van der Waals surface area contributed by atoms with Gasteiger partial charge in [-0.3, -0.25) is 14.3 Å². The smallest absolute Gasteiger partial charge is 0.244 e. The number of aromatic amines is 1. The molecule has 3 rings (SSSR count). The van der Waals surface area contributed by atoms with Crippen LogP contribution in [0.1, 0.15) is 24.5 Å². The van der Waals surface area contributed by atoms with Gasteiger partial charge in [0.1, 0.15) is 12.2 Å². The van der Waals surface area contributed by atoms with Crippen molar-refractivity contribution in [3.05, 3.63) is 40.7 Å². The Balaban J connectivity index is 1.72. The van der Waals surface area contributed by atoms with E-state index >= 15 is 0 Å². The minimum Gasteiger partial charge on any atom is -0.343 e. The fraction of sp³-hybridized carbons (Fsp3) is 0.167. The minimum atomic E-state index is -0.258. The number of nitrogens with zero attached hydrogens (tertiary/aromatic N) is 4. The van der Waals surface area contributed by atoms with Gasteiger partial charge in [-0.05, 0) is 13.0 Å². The molecule has 0 aliphatic heterocycles. The van der Waals surface area contributed by atoms with Crippen LogP contribution < -0.4 is 5.32 Å². The first-order valence-electron chi connectivity index (χ1n) is 6.10. The number of nitrogens with one attached hydrogen (secondary N) is 2. The van der Waals surface area contributed by atoms with E-state index in [0.29, 0.717) is 16.7 Å². The molecule has 3 aromatic rings. The highest BCUT2D eigenvalue weighted by atomic mass is 35.5. The van der Waals surface area contributed by atoms with Crippen LogP contribution in [0.3, 0.4) is 0 Å². The first-order valence-corrected chi connectivity index (χ1v) is 7.36. The van der Waals surface area contributed by atoms with Gasteiger partial charge in [0.05, 0.1) is 11.7 Å². The van der Waals surface area contributed by atoms with Crippen molar-refractivity contribution in [1.29, 1.82) is 0 Å². The summed E-state index contributed by atoms with van der Waals surface area (Å²) in [7, 11) is 0. The van der Waals surface area contributed by atoms with E-state index in [-0.39, 0.29) is 11.9 Å². The summed E-state index contributed by atoms with van der Waals surface area (Å²) in [5.41, 5.74) is 0.676. The second-order valence-electron chi connectivity index (χ2n) is 4.28. The molecule has 0 aliphatic rings. The second kappa shape index (κ2) is 5.66. The lowest BCUT2D eigenvalue weighted by atomic mass is 10.3. The van der Waals surface area contributed by atoms with Crippen LogP contribution in [-0.4, -0.2) is 30.5 Å². The number of amides is 1. The Kier molecular flexibility index (Phi) is 3.72. The molecule has 9 heteroatoms. The molecule has 2 N–H and O–H groups in total. The summed E-state index contributed by atoms with van der Waals surface area (Å²) in [4.78, 5) is 20.9. The van der Waals surface area contributed by atoms with Crippen molar-refractivity contribution in [2.24, 2.45) is 0 Å². The first kappa shape index (κ1) is 13.8. The quantitative estimate of drug-likeness (QED) is 0.720. The molecule has 1 amide bonds. The molecule has 3 aromatic heterocycles. The van der Waals surface area contributed by atoms with Crippen LogP contribution in [0.4, 0.5) is 0 Å². The van der Waals surface area contributed by atoms with Gasteiger partial charge in [-0.15, -0.1) is 11.3 Å². The summed E-state index contributed by atoms with van der Waals surface area (Å²) < 4.78 is 1.83. The van der Waals surface area contributed by atoms with Crippen LogP contribution >= 0.6 is 22.9 Å². The molecule has 0 fully saturated rings. The monoisotopic (exact) mass is 322 g/mol. The molecule has 0 aliphatic carbocycles. The maximum atomic E-state index is 11.9. The van der Waals surface area contributed by atoms with Gasteiger partial charge in [-0.1, -0.05) is 11.6 Å². The van der Waals surface area contributed by atoms with E-state index in [9.17, 15) is 4.79 Å². The van der Waals surface area contributed by atoms with Gasteiger partial charge in [0.25, 0.3) is 0 Å². The highest BCUT2D eigenvalue weighted by Crippen LogP contribution is 2.22. The summed E-state index contributed by atoms with van der Waals surface area (Å²) >= 11 is 7.53. The first-order chi connectivity index (χ1) is 10.1. The number of carbonyl (C=O) groups excluding carboxylic acids is 1. The van der Waals surface area contributed by atoms with Crippen molar-refractivity contribution >= 4 is 39.9 Å². The average molecular weight is 323 g/mol. The number of hydrogen-bond donors (Lipinski definition) is 2. The summed E-state index contributed by atoms with van der Waals surface area (Å²) in [6.07, 6.45) is 6.30.